The van der Waals surface area contributed by atoms with E-state index < -0.39 is 34.1 Å². The number of anilines is 1. The van der Waals surface area contributed by atoms with E-state index in [2.05, 4.69) is 0 Å². The van der Waals surface area contributed by atoms with Gasteiger partial charge < -0.3 is 5.73 Å². The third-order valence-electron chi connectivity index (χ3n) is 1.59. The molecule has 15 heavy (non-hydrogen) atoms. The lowest BCUT2D eigenvalue weighted by molar-refractivity contribution is -0.0884. The molecule has 0 spiro atoms. The highest BCUT2D eigenvalue weighted by Gasteiger charge is 2.40. The largest absolute Gasteiger partial charge is 0.454 e. The van der Waals surface area contributed by atoms with Gasteiger partial charge in [0.2, 0.25) is 0 Å². The predicted octanol–water partition coefficient (Wildman–Crippen LogP) is 2.81. The fourth-order valence-corrected chi connectivity index (χ4v) is 1.08. The lowest BCUT2D eigenvalue weighted by Gasteiger charge is -2.08. The molecule has 0 saturated heterocycles. The van der Waals surface area contributed by atoms with Crippen molar-refractivity contribution in [2.45, 2.75) is 6.18 Å². The molecule has 0 aliphatic carbocycles. The van der Waals surface area contributed by atoms with Crippen molar-refractivity contribution >= 4 is 23.1 Å². The Hall–Kier alpha value is -1.30. The number of alkyl halides is 3. The molecule has 2 nitrogen and oxygen atoms in total. The smallest absolute Gasteiger partial charge is 0.398 e. The summed E-state index contributed by atoms with van der Waals surface area (Å²) in [5.41, 5.74) is 3.67. The summed E-state index contributed by atoms with van der Waals surface area (Å²) in [7, 11) is 0. The fourth-order valence-electron chi connectivity index (χ4n) is 0.912. The standard InChI is InChI=1S/C8H4ClF4NO/c9-4-2-6(14)3(1-5(4)10)7(15)8(11,12)13/h1-2H,14H2. The second kappa shape index (κ2) is 3.69. The zero-order valence-corrected chi connectivity index (χ0v) is 7.79. The van der Waals surface area contributed by atoms with E-state index in [9.17, 15) is 22.4 Å². The van der Waals surface area contributed by atoms with Gasteiger partial charge in [-0.15, -0.1) is 0 Å². The van der Waals surface area contributed by atoms with Crippen LogP contribution >= 0.6 is 11.6 Å². The SMILES string of the molecule is Nc1cc(Cl)c(F)cc1C(=O)C(F)(F)F. The Labute approximate surface area is 86.6 Å². The van der Waals surface area contributed by atoms with Gasteiger partial charge in [-0.25, -0.2) is 4.39 Å². The summed E-state index contributed by atoms with van der Waals surface area (Å²) in [5, 5.41) is -0.439. The van der Waals surface area contributed by atoms with Crippen LogP contribution in [0.1, 0.15) is 10.4 Å². The minimum absolute atomic E-state index is 0.369. The molecule has 1 aromatic rings. The number of halogens is 5. The van der Waals surface area contributed by atoms with E-state index >= 15 is 0 Å². The van der Waals surface area contributed by atoms with Crippen LogP contribution in [0, 0.1) is 5.82 Å². The number of carbonyl (C=O) groups excluding carboxylic acids is 1. The van der Waals surface area contributed by atoms with E-state index in [1.54, 1.807) is 0 Å². The lowest BCUT2D eigenvalue weighted by Crippen LogP contribution is -2.24. The van der Waals surface area contributed by atoms with Crippen molar-refractivity contribution in [2.75, 3.05) is 5.73 Å². The summed E-state index contributed by atoms with van der Waals surface area (Å²) in [5.74, 6) is -3.32. The van der Waals surface area contributed by atoms with E-state index in [-0.39, 0.29) is 0 Å². The molecular formula is C8H4ClF4NO. The third kappa shape index (κ3) is 2.38. The van der Waals surface area contributed by atoms with Gasteiger partial charge in [0, 0.05) is 5.69 Å². The maximum atomic E-state index is 12.8. The zero-order chi connectivity index (χ0) is 11.8. The van der Waals surface area contributed by atoms with Gasteiger partial charge in [0.25, 0.3) is 5.78 Å². The summed E-state index contributed by atoms with van der Waals surface area (Å²) in [6.07, 6.45) is -5.09. The van der Waals surface area contributed by atoms with Crippen LogP contribution in [0.4, 0.5) is 23.2 Å². The average molecular weight is 242 g/mol. The number of benzene rings is 1. The van der Waals surface area contributed by atoms with Gasteiger partial charge in [-0.1, -0.05) is 11.6 Å². The van der Waals surface area contributed by atoms with Crippen LogP contribution < -0.4 is 5.73 Å². The molecule has 7 heteroatoms. The molecule has 0 heterocycles. The minimum Gasteiger partial charge on any atom is -0.398 e. The van der Waals surface area contributed by atoms with Crippen molar-refractivity contribution in [1.82, 2.24) is 0 Å². The molecule has 0 fully saturated rings. The van der Waals surface area contributed by atoms with Gasteiger partial charge in [-0.2, -0.15) is 13.2 Å². The Morgan fingerprint density at radius 1 is 1.33 bits per heavy atom. The number of rotatable bonds is 1. The number of nitrogens with two attached hydrogens (primary N) is 1. The Morgan fingerprint density at radius 3 is 2.33 bits per heavy atom. The second-order valence-corrected chi connectivity index (χ2v) is 3.09. The van der Waals surface area contributed by atoms with Gasteiger partial charge in [0.15, 0.2) is 0 Å². The topological polar surface area (TPSA) is 43.1 Å². The molecule has 2 N–H and O–H groups in total. The molecule has 82 valence electrons. The molecule has 0 bridgehead atoms. The fraction of sp³-hybridized carbons (Fsp3) is 0.125. The van der Waals surface area contributed by atoms with Crippen molar-refractivity contribution in [3.63, 3.8) is 0 Å². The van der Waals surface area contributed by atoms with E-state index in [0.717, 1.165) is 6.07 Å². The van der Waals surface area contributed by atoms with Crippen molar-refractivity contribution < 1.29 is 22.4 Å². The molecule has 0 saturated carbocycles. The summed E-state index contributed by atoms with van der Waals surface area (Å²) in [6.45, 7) is 0. The van der Waals surface area contributed by atoms with E-state index in [1.807, 2.05) is 0 Å². The Morgan fingerprint density at radius 2 is 1.87 bits per heavy atom. The highest BCUT2D eigenvalue weighted by atomic mass is 35.5. The summed E-state index contributed by atoms with van der Waals surface area (Å²) >= 11 is 5.26. The highest BCUT2D eigenvalue weighted by Crippen LogP contribution is 2.28. The Balaban J connectivity index is 3.28. The molecular weight excluding hydrogens is 238 g/mol. The predicted molar refractivity (Wildman–Crippen MR) is 46.2 cm³/mol. The van der Waals surface area contributed by atoms with Crippen molar-refractivity contribution in [1.29, 1.82) is 0 Å². The highest BCUT2D eigenvalue weighted by molar-refractivity contribution is 6.31. The first-order valence-corrected chi connectivity index (χ1v) is 3.97. The van der Waals surface area contributed by atoms with Crippen LogP contribution in [0.2, 0.25) is 5.02 Å². The first-order valence-electron chi connectivity index (χ1n) is 3.59. The first-order chi connectivity index (χ1) is 6.73. The molecule has 0 unspecified atom stereocenters. The molecule has 0 atom stereocenters. The number of Topliss-reactive ketones (excluding diaryl/α,β-unsaturated/α-hetero) is 1. The van der Waals surface area contributed by atoms with Crippen LogP contribution in [0.5, 0.6) is 0 Å². The van der Waals surface area contributed by atoms with E-state index in [4.69, 9.17) is 17.3 Å². The van der Waals surface area contributed by atoms with Crippen molar-refractivity contribution in [2.24, 2.45) is 0 Å². The molecule has 0 aliphatic rings. The normalized spacial score (nSPS) is 11.5. The monoisotopic (exact) mass is 241 g/mol. The molecule has 0 radical (unpaired) electrons. The number of hydrogen-bond acceptors (Lipinski definition) is 2. The number of ketones is 1. The lowest BCUT2D eigenvalue weighted by atomic mass is 10.1. The van der Waals surface area contributed by atoms with E-state index in [1.165, 1.54) is 0 Å². The third-order valence-corrected chi connectivity index (χ3v) is 1.88. The maximum Gasteiger partial charge on any atom is 0.454 e. The zero-order valence-electron chi connectivity index (χ0n) is 7.03. The summed E-state index contributed by atoms with van der Waals surface area (Å²) in [4.78, 5) is 10.7. The average Bonchev–Trinajstić information content (AvgIpc) is 2.08. The second-order valence-electron chi connectivity index (χ2n) is 2.68. The number of nitrogen functional groups attached to an aromatic ring is 1. The molecule has 1 rings (SSSR count). The van der Waals surface area contributed by atoms with Crippen molar-refractivity contribution in [3.8, 4) is 0 Å². The summed E-state index contributed by atoms with van der Waals surface area (Å²) in [6, 6.07) is 1.13. The Bertz CT molecular complexity index is 416. The van der Waals surface area contributed by atoms with Gasteiger partial charge >= 0.3 is 6.18 Å². The van der Waals surface area contributed by atoms with Gasteiger partial charge in [-0.05, 0) is 12.1 Å². The van der Waals surface area contributed by atoms with Gasteiger partial charge in [-0.3, -0.25) is 4.79 Å². The molecule has 0 amide bonds. The van der Waals surface area contributed by atoms with Crippen LogP contribution in [0.25, 0.3) is 0 Å². The van der Waals surface area contributed by atoms with Crippen molar-refractivity contribution in [3.05, 3.63) is 28.5 Å². The molecule has 0 aliphatic heterocycles. The maximum absolute atomic E-state index is 12.8. The van der Waals surface area contributed by atoms with Crippen LogP contribution in [-0.4, -0.2) is 12.0 Å². The van der Waals surface area contributed by atoms with Crippen LogP contribution in [-0.2, 0) is 0 Å². The number of carbonyl (C=O) groups is 1. The van der Waals surface area contributed by atoms with Gasteiger partial charge in [0.05, 0.1) is 10.6 Å². The van der Waals surface area contributed by atoms with E-state index in [0.29, 0.717) is 6.07 Å². The quantitative estimate of drug-likeness (QED) is 0.467. The van der Waals surface area contributed by atoms with Crippen LogP contribution in [0.3, 0.4) is 0 Å². The summed E-state index contributed by atoms with van der Waals surface area (Å²) < 4.78 is 48.8. The Kier molecular flexibility index (Phi) is 2.90. The minimum atomic E-state index is -5.09. The van der Waals surface area contributed by atoms with Gasteiger partial charge in [0.1, 0.15) is 5.82 Å². The molecule has 1 aromatic carbocycles. The van der Waals surface area contributed by atoms with Crippen LogP contribution in [0.15, 0.2) is 12.1 Å². The first kappa shape index (κ1) is 11.8. The number of hydrogen-bond donors (Lipinski definition) is 1. The molecule has 0 aromatic heterocycles.